The van der Waals surface area contributed by atoms with Gasteiger partial charge in [0.15, 0.2) is 11.9 Å². The number of anilines is 1. The van der Waals surface area contributed by atoms with Gasteiger partial charge >= 0.3 is 0 Å². The molecule has 0 bridgehead atoms. The summed E-state index contributed by atoms with van der Waals surface area (Å²) in [5.41, 5.74) is 1.59. The molecule has 23 heavy (non-hydrogen) atoms. The Labute approximate surface area is 134 Å². The molecule has 0 spiro atoms. The van der Waals surface area contributed by atoms with Crippen molar-refractivity contribution in [3.8, 4) is 11.8 Å². The predicted molar refractivity (Wildman–Crippen MR) is 86.3 cm³/mol. The van der Waals surface area contributed by atoms with Crippen LogP contribution in [0.3, 0.4) is 0 Å². The Morgan fingerprint density at radius 3 is 2.48 bits per heavy atom. The third-order valence-electron chi connectivity index (χ3n) is 3.20. The number of carbonyl (C=O) groups is 2. The molecular weight excluding hydrogens is 292 g/mol. The fraction of sp³-hybridized carbons (Fsp3) is 0.167. The van der Waals surface area contributed by atoms with Crippen molar-refractivity contribution < 1.29 is 14.3 Å². The van der Waals surface area contributed by atoms with Gasteiger partial charge in [-0.2, -0.15) is 5.26 Å². The molecular formula is C18H16N2O3. The number of benzene rings is 2. The molecule has 0 aliphatic heterocycles. The topological polar surface area (TPSA) is 79.2 Å². The molecule has 5 nitrogen and oxygen atoms in total. The summed E-state index contributed by atoms with van der Waals surface area (Å²) in [6.45, 7) is 3.11. The summed E-state index contributed by atoms with van der Waals surface area (Å²) < 4.78 is 5.55. The van der Waals surface area contributed by atoms with Gasteiger partial charge in [0.05, 0.1) is 11.6 Å². The highest BCUT2D eigenvalue weighted by atomic mass is 16.5. The Bertz CT molecular complexity index is 761. The van der Waals surface area contributed by atoms with Crippen molar-refractivity contribution in [1.29, 1.82) is 5.26 Å². The molecule has 0 aromatic heterocycles. The van der Waals surface area contributed by atoms with E-state index in [0.29, 0.717) is 22.6 Å². The van der Waals surface area contributed by atoms with E-state index in [0.717, 1.165) is 0 Å². The van der Waals surface area contributed by atoms with Gasteiger partial charge < -0.3 is 10.1 Å². The van der Waals surface area contributed by atoms with Crippen LogP contribution >= 0.6 is 0 Å². The standard InChI is InChI=1S/C18H16N2O3/c1-12(21)15-6-8-17(9-7-15)23-13(2)18(22)20-16-5-3-4-14(10-16)11-19/h3-10,13H,1-2H3,(H,20,22)/t13-/m1/s1. The van der Waals surface area contributed by atoms with Crippen LogP contribution < -0.4 is 10.1 Å². The van der Waals surface area contributed by atoms with Gasteiger partial charge in [0.2, 0.25) is 0 Å². The van der Waals surface area contributed by atoms with E-state index in [1.54, 1.807) is 55.5 Å². The third kappa shape index (κ3) is 4.42. The Kier molecular flexibility index (Phi) is 5.11. The lowest BCUT2D eigenvalue weighted by Crippen LogP contribution is -2.30. The number of ketones is 1. The molecule has 0 heterocycles. The van der Waals surface area contributed by atoms with Gasteiger partial charge in [0.1, 0.15) is 5.75 Å². The van der Waals surface area contributed by atoms with Gasteiger partial charge in [-0.25, -0.2) is 0 Å². The maximum atomic E-state index is 12.1. The first-order chi connectivity index (χ1) is 11.0. The number of nitrogens with zero attached hydrogens (tertiary/aromatic N) is 1. The van der Waals surface area contributed by atoms with Gasteiger partial charge in [-0.1, -0.05) is 6.07 Å². The van der Waals surface area contributed by atoms with Gasteiger partial charge in [-0.05, 0) is 56.3 Å². The number of rotatable bonds is 5. The maximum Gasteiger partial charge on any atom is 0.265 e. The number of ether oxygens (including phenoxy) is 1. The highest BCUT2D eigenvalue weighted by Crippen LogP contribution is 2.16. The van der Waals surface area contributed by atoms with Gasteiger partial charge in [0.25, 0.3) is 5.91 Å². The number of hydrogen-bond acceptors (Lipinski definition) is 4. The Balaban J connectivity index is 1.99. The fourth-order valence-corrected chi connectivity index (χ4v) is 1.94. The molecule has 0 radical (unpaired) electrons. The normalized spacial score (nSPS) is 11.2. The zero-order valence-electron chi connectivity index (χ0n) is 12.9. The first kappa shape index (κ1) is 16.2. The van der Waals surface area contributed by atoms with Crippen molar-refractivity contribution >= 4 is 17.4 Å². The molecule has 116 valence electrons. The quantitative estimate of drug-likeness (QED) is 0.860. The number of amides is 1. The Hall–Kier alpha value is -3.13. The van der Waals surface area contributed by atoms with Gasteiger partial charge in [0, 0.05) is 11.3 Å². The third-order valence-corrected chi connectivity index (χ3v) is 3.20. The molecule has 0 fully saturated rings. The highest BCUT2D eigenvalue weighted by molar-refractivity contribution is 5.95. The second-order valence-corrected chi connectivity index (χ2v) is 5.02. The lowest BCUT2D eigenvalue weighted by Gasteiger charge is -2.15. The molecule has 1 N–H and O–H groups in total. The smallest absolute Gasteiger partial charge is 0.265 e. The van der Waals surface area contributed by atoms with Crippen molar-refractivity contribution in [2.75, 3.05) is 5.32 Å². The van der Waals surface area contributed by atoms with E-state index in [1.165, 1.54) is 6.92 Å². The average Bonchev–Trinajstić information content (AvgIpc) is 2.55. The second kappa shape index (κ2) is 7.23. The average molecular weight is 308 g/mol. The number of hydrogen-bond donors (Lipinski definition) is 1. The summed E-state index contributed by atoms with van der Waals surface area (Å²) in [7, 11) is 0. The van der Waals surface area contributed by atoms with E-state index in [-0.39, 0.29) is 11.7 Å². The summed E-state index contributed by atoms with van der Waals surface area (Å²) in [4.78, 5) is 23.3. The van der Waals surface area contributed by atoms with Crippen molar-refractivity contribution in [1.82, 2.24) is 0 Å². The molecule has 1 atom stereocenters. The summed E-state index contributed by atoms with van der Waals surface area (Å²) >= 11 is 0. The molecule has 0 aliphatic rings. The van der Waals surface area contributed by atoms with Crippen LogP contribution in [0.5, 0.6) is 5.75 Å². The van der Waals surface area contributed by atoms with Crippen molar-refractivity contribution in [2.45, 2.75) is 20.0 Å². The van der Waals surface area contributed by atoms with Crippen LogP contribution in [0, 0.1) is 11.3 Å². The maximum absolute atomic E-state index is 12.1. The minimum atomic E-state index is -0.719. The molecule has 2 aromatic rings. The fourth-order valence-electron chi connectivity index (χ4n) is 1.94. The summed E-state index contributed by atoms with van der Waals surface area (Å²) in [5, 5.41) is 11.5. The molecule has 2 rings (SSSR count). The highest BCUT2D eigenvalue weighted by Gasteiger charge is 2.15. The minimum Gasteiger partial charge on any atom is -0.481 e. The zero-order valence-corrected chi connectivity index (χ0v) is 12.9. The molecule has 0 unspecified atom stereocenters. The van der Waals surface area contributed by atoms with Gasteiger partial charge in [-0.15, -0.1) is 0 Å². The second-order valence-electron chi connectivity index (χ2n) is 5.02. The summed E-state index contributed by atoms with van der Waals surface area (Å²) in [5.74, 6) is 0.152. The van der Waals surface area contributed by atoms with Crippen LogP contribution in [-0.2, 0) is 4.79 Å². The number of Topliss-reactive ketones (excluding diaryl/α,β-unsaturated/α-hetero) is 1. The molecule has 5 heteroatoms. The van der Waals surface area contributed by atoms with E-state index in [1.807, 2.05) is 6.07 Å². The van der Waals surface area contributed by atoms with Crippen LogP contribution in [0.2, 0.25) is 0 Å². The molecule has 0 saturated carbocycles. The Morgan fingerprint density at radius 2 is 1.87 bits per heavy atom. The van der Waals surface area contributed by atoms with Crippen LogP contribution in [0.1, 0.15) is 29.8 Å². The minimum absolute atomic E-state index is 0.0280. The SMILES string of the molecule is CC(=O)c1ccc(O[C@H](C)C(=O)Nc2cccc(C#N)c2)cc1. The molecule has 1 amide bonds. The first-order valence-corrected chi connectivity index (χ1v) is 7.08. The molecule has 0 aliphatic carbocycles. The van der Waals surface area contributed by atoms with Gasteiger partial charge in [-0.3, -0.25) is 9.59 Å². The lowest BCUT2D eigenvalue weighted by atomic mass is 10.1. The lowest BCUT2D eigenvalue weighted by molar-refractivity contribution is -0.122. The van der Waals surface area contributed by atoms with Crippen LogP contribution in [0.4, 0.5) is 5.69 Å². The van der Waals surface area contributed by atoms with Crippen LogP contribution in [-0.4, -0.2) is 17.8 Å². The number of nitriles is 1. The number of nitrogens with one attached hydrogen (secondary N) is 1. The van der Waals surface area contributed by atoms with Crippen LogP contribution in [0.15, 0.2) is 48.5 Å². The van der Waals surface area contributed by atoms with Crippen molar-refractivity contribution in [3.63, 3.8) is 0 Å². The van der Waals surface area contributed by atoms with Crippen molar-refractivity contribution in [3.05, 3.63) is 59.7 Å². The molecule has 0 saturated heterocycles. The summed E-state index contributed by atoms with van der Waals surface area (Å²) in [6, 6.07) is 15.3. The summed E-state index contributed by atoms with van der Waals surface area (Å²) in [6.07, 6.45) is -0.719. The van der Waals surface area contributed by atoms with Crippen molar-refractivity contribution in [2.24, 2.45) is 0 Å². The van der Waals surface area contributed by atoms with E-state index in [9.17, 15) is 9.59 Å². The van der Waals surface area contributed by atoms with E-state index in [4.69, 9.17) is 10.00 Å². The Morgan fingerprint density at radius 1 is 1.17 bits per heavy atom. The molecule has 2 aromatic carbocycles. The van der Waals surface area contributed by atoms with E-state index in [2.05, 4.69) is 5.32 Å². The van der Waals surface area contributed by atoms with E-state index >= 15 is 0 Å². The first-order valence-electron chi connectivity index (χ1n) is 7.08. The van der Waals surface area contributed by atoms with Crippen LogP contribution in [0.25, 0.3) is 0 Å². The van der Waals surface area contributed by atoms with E-state index < -0.39 is 6.10 Å². The largest absolute Gasteiger partial charge is 0.481 e. The predicted octanol–water partition coefficient (Wildman–Crippen LogP) is 3.17. The number of carbonyl (C=O) groups excluding carboxylic acids is 2. The monoisotopic (exact) mass is 308 g/mol. The zero-order chi connectivity index (χ0) is 16.8.